The van der Waals surface area contributed by atoms with Gasteiger partial charge >= 0.3 is 0 Å². The number of hydrogen-bond acceptors (Lipinski definition) is 5. The summed E-state index contributed by atoms with van der Waals surface area (Å²) in [6, 6.07) is 7.91. The van der Waals surface area contributed by atoms with Crippen molar-refractivity contribution < 1.29 is 14.6 Å². The zero-order valence-corrected chi connectivity index (χ0v) is 14.5. The van der Waals surface area contributed by atoms with E-state index in [4.69, 9.17) is 4.74 Å². The third-order valence-corrected chi connectivity index (χ3v) is 6.24. The van der Waals surface area contributed by atoms with Crippen LogP contribution in [0.3, 0.4) is 0 Å². The molecule has 0 radical (unpaired) electrons. The monoisotopic (exact) mass is 343 g/mol. The normalized spacial score (nSPS) is 29.9. The first-order chi connectivity index (χ1) is 11.7. The minimum absolute atomic E-state index is 0.123. The minimum atomic E-state index is -0.364. The van der Waals surface area contributed by atoms with Gasteiger partial charge in [-0.25, -0.2) is 4.98 Å². The number of allylic oxidation sites excluding steroid dienone is 1. The van der Waals surface area contributed by atoms with Gasteiger partial charge in [-0.15, -0.1) is 11.3 Å². The molecule has 1 aliphatic heterocycles. The number of para-hydroxylation sites is 1. The SMILES string of the molecule is CCCC1CC2C(=O)C(c3nc4ccccc4s3)=COC2CC1O. The Bertz CT molecular complexity index is 764. The van der Waals surface area contributed by atoms with E-state index in [1.54, 1.807) is 6.26 Å². The molecule has 4 unspecified atom stereocenters. The molecule has 24 heavy (non-hydrogen) atoms. The standard InChI is InChI=1S/C19H21NO3S/c1-2-5-11-8-12-16(9-15(11)21)23-10-13(18(12)22)19-20-14-6-3-4-7-17(14)24-19/h3-4,6-7,10-12,15-16,21H,2,5,8-9H2,1H3. The predicted molar refractivity (Wildman–Crippen MR) is 94.6 cm³/mol. The second-order valence-electron chi connectivity index (χ2n) is 6.75. The molecule has 4 rings (SSSR count). The number of aliphatic hydroxyl groups excluding tert-OH is 1. The summed E-state index contributed by atoms with van der Waals surface area (Å²) in [5.74, 6) is 0.161. The Labute approximate surface area is 145 Å². The summed E-state index contributed by atoms with van der Waals surface area (Å²) in [6.07, 6.45) is 4.24. The zero-order valence-electron chi connectivity index (χ0n) is 13.6. The number of carbonyl (C=O) groups excluding carboxylic acids is 1. The Kier molecular flexibility index (Phi) is 4.14. The van der Waals surface area contributed by atoms with Crippen molar-refractivity contribution in [3.05, 3.63) is 35.5 Å². The summed E-state index contributed by atoms with van der Waals surface area (Å²) in [6.45, 7) is 2.12. The smallest absolute Gasteiger partial charge is 0.175 e. The van der Waals surface area contributed by atoms with Gasteiger partial charge < -0.3 is 9.84 Å². The number of thiazole rings is 1. The molecule has 4 atom stereocenters. The van der Waals surface area contributed by atoms with Crippen molar-refractivity contribution in [2.45, 2.75) is 44.8 Å². The van der Waals surface area contributed by atoms with E-state index < -0.39 is 0 Å². The number of rotatable bonds is 3. The molecule has 2 aliphatic rings. The first kappa shape index (κ1) is 15.8. The lowest BCUT2D eigenvalue weighted by Crippen LogP contribution is -2.44. The molecule has 1 aliphatic carbocycles. The Morgan fingerprint density at radius 1 is 1.33 bits per heavy atom. The van der Waals surface area contributed by atoms with E-state index in [9.17, 15) is 9.90 Å². The number of benzene rings is 1. The van der Waals surface area contributed by atoms with E-state index in [0.29, 0.717) is 18.4 Å². The molecule has 2 aromatic rings. The van der Waals surface area contributed by atoms with E-state index in [2.05, 4.69) is 11.9 Å². The van der Waals surface area contributed by atoms with Gasteiger partial charge in [-0.1, -0.05) is 25.5 Å². The van der Waals surface area contributed by atoms with Gasteiger partial charge in [-0.05, 0) is 30.9 Å². The van der Waals surface area contributed by atoms with Crippen LogP contribution in [-0.2, 0) is 9.53 Å². The number of ether oxygens (including phenoxy) is 1. The Morgan fingerprint density at radius 2 is 2.17 bits per heavy atom. The largest absolute Gasteiger partial charge is 0.496 e. The highest BCUT2D eigenvalue weighted by molar-refractivity contribution is 7.19. The van der Waals surface area contributed by atoms with Crippen molar-refractivity contribution in [3.63, 3.8) is 0 Å². The number of Topliss-reactive ketones (excluding diaryl/α,β-unsaturated/α-hetero) is 1. The van der Waals surface area contributed by atoms with E-state index >= 15 is 0 Å². The fraction of sp³-hybridized carbons (Fsp3) is 0.474. The third-order valence-electron chi connectivity index (χ3n) is 5.17. The fourth-order valence-electron chi connectivity index (χ4n) is 3.89. The molecule has 1 fully saturated rings. The Morgan fingerprint density at radius 3 is 2.96 bits per heavy atom. The van der Waals surface area contributed by atoms with Crippen LogP contribution in [0.15, 0.2) is 30.5 Å². The van der Waals surface area contributed by atoms with Crippen LogP contribution in [0.2, 0.25) is 0 Å². The van der Waals surface area contributed by atoms with Crippen molar-refractivity contribution in [3.8, 4) is 0 Å². The van der Waals surface area contributed by atoms with Crippen LogP contribution in [0, 0.1) is 11.8 Å². The summed E-state index contributed by atoms with van der Waals surface area (Å²) in [4.78, 5) is 17.6. The molecular formula is C19H21NO3S. The first-order valence-electron chi connectivity index (χ1n) is 8.61. The average Bonchev–Trinajstić information content (AvgIpc) is 3.00. The van der Waals surface area contributed by atoms with E-state index in [1.807, 2.05) is 24.3 Å². The van der Waals surface area contributed by atoms with E-state index in [0.717, 1.165) is 28.1 Å². The van der Waals surface area contributed by atoms with Crippen LogP contribution < -0.4 is 0 Å². The van der Waals surface area contributed by atoms with Crippen molar-refractivity contribution in [1.82, 2.24) is 4.98 Å². The molecule has 4 nitrogen and oxygen atoms in total. The van der Waals surface area contributed by atoms with Gasteiger partial charge in [0.2, 0.25) is 0 Å². The number of ketones is 1. The molecule has 0 saturated heterocycles. The molecule has 1 saturated carbocycles. The van der Waals surface area contributed by atoms with Crippen LogP contribution in [0.4, 0.5) is 0 Å². The summed E-state index contributed by atoms with van der Waals surface area (Å²) in [5, 5.41) is 11.0. The maximum atomic E-state index is 13.0. The maximum absolute atomic E-state index is 13.0. The van der Waals surface area contributed by atoms with Crippen LogP contribution >= 0.6 is 11.3 Å². The van der Waals surface area contributed by atoms with Gasteiger partial charge in [-0.3, -0.25) is 4.79 Å². The van der Waals surface area contributed by atoms with E-state index in [1.165, 1.54) is 11.3 Å². The molecule has 1 aromatic carbocycles. The predicted octanol–water partition coefficient (Wildman–Crippen LogP) is 3.79. The quantitative estimate of drug-likeness (QED) is 0.921. The van der Waals surface area contributed by atoms with Crippen molar-refractivity contribution in [1.29, 1.82) is 0 Å². The summed E-state index contributed by atoms with van der Waals surface area (Å²) >= 11 is 1.53. The zero-order chi connectivity index (χ0) is 16.7. The van der Waals surface area contributed by atoms with Gasteiger partial charge in [0.1, 0.15) is 11.1 Å². The van der Waals surface area contributed by atoms with Crippen LogP contribution in [-0.4, -0.2) is 28.1 Å². The summed E-state index contributed by atoms with van der Waals surface area (Å²) in [7, 11) is 0. The molecule has 0 spiro atoms. The molecule has 5 heteroatoms. The Balaban J connectivity index is 1.63. The van der Waals surface area contributed by atoms with Crippen molar-refractivity contribution >= 4 is 32.9 Å². The molecule has 1 aromatic heterocycles. The third kappa shape index (κ3) is 2.66. The van der Waals surface area contributed by atoms with Gasteiger partial charge in [-0.2, -0.15) is 0 Å². The number of nitrogens with zero attached hydrogens (tertiary/aromatic N) is 1. The van der Waals surface area contributed by atoms with Crippen molar-refractivity contribution in [2.75, 3.05) is 0 Å². The molecule has 0 amide bonds. The number of fused-ring (bicyclic) bond motifs is 2. The van der Waals surface area contributed by atoms with Crippen LogP contribution in [0.1, 0.15) is 37.6 Å². The highest BCUT2D eigenvalue weighted by atomic mass is 32.1. The van der Waals surface area contributed by atoms with Crippen LogP contribution in [0.5, 0.6) is 0 Å². The second-order valence-corrected chi connectivity index (χ2v) is 7.78. The first-order valence-corrected chi connectivity index (χ1v) is 9.43. The number of aliphatic hydroxyl groups is 1. The lowest BCUT2D eigenvalue weighted by Gasteiger charge is -2.40. The summed E-state index contributed by atoms with van der Waals surface area (Å²) < 4.78 is 6.91. The van der Waals surface area contributed by atoms with Crippen molar-refractivity contribution in [2.24, 2.45) is 11.8 Å². The molecule has 1 N–H and O–H groups in total. The minimum Gasteiger partial charge on any atom is -0.496 e. The van der Waals surface area contributed by atoms with Gasteiger partial charge in [0.25, 0.3) is 0 Å². The topological polar surface area (TPSA) is 59.4 Å². The molecule has 2 heterocycles. The summed E-state index contributed by atoms with van der Waals surface area (Å²) in [5.41, 5.74) is 1.50. The molecule has 126 valence electrons. The lowest BCUT2D eigenvalue weighted by molar-refractivity contribution is -0.129. The van der Waals surface area contributed by atoms with Gasteiger partial charge in [0, 0.05) is 6.42 Å². The van der Waals surface area contributed by atoms with Gasteiger partial charge in [0.05, 0.1) is 34.1 Å². The Hall–Kier alpha value is -1.72. The second kappa shape index (κ2) is 6.30. The number of carbonyl (C=O) groups is 1. The average molecular weight is 343 g/mol. The van der Waals surface area contributed by atoms with E-state index in [-0.39, 0.29) is 29.8 Å². The molecule has 0 bridgehead atoms. The lowest BCUT2D eigenvalue weighted by atomic mass is 9.72. The van der Waals surface area contributed by atoms with Crippen LogP contribution in [0.25, 0.3) is 15.8 Å². The van der Waals surface area contributed by atoms with Gasteiger partial charge in [0.15, 0.2) is 5.78 Å². The number of hydrogen-bond donors (Lipinski definition) is 1. The number of aromatic nitrogens is 1. The molecular weight excluding hydrogens is 322 g/mol. The highest BCUT2D eigenvalue weighted by Crippen LogP contribution is 2.41. The maximum Gasteiger partial charge on any atom is 0.175 e. The highest BCUT2D eigenvalue weighted by Gasteiger charge is 2.44. The fourth-order valence-corrected chi connectivity index (χ4v) is 4.87.